The molecule has 2 aromatic heterocycles. The lowest BCUT2D eigenvalue weighted by Gasteiger charge is -2.18. The number of rotatable bonds is 4. The predicted molar refractivity (Wildman–Crippen MR) is 94.2 cm³/mol. The van der Waals surface area contributed by atoms with Gasteiger partial charge in [-0.1, -0.05) is 12.1 Å². The molecule has 0 spiro atoms. The number of hydrogen-bond donors (Lipinski definition) is 1. The Morgan fingerprint density at radius 2 is 2.11 bits per heavy atom. The third-order valence-corrected chi connectivity index (χ3v) is 4.49. The van der Waals surface area contributed by atoms with E-state index in [2.05, 4.69) is 4.98 Å². The lowest BCUT2D eigenvalue weighted by atomic mass is 9.89. The van der Waals surface area contributed by atoms with Crippen molar-refractivity contribution in [3.05, 3.63) is 64.1 Å². The smallest absolute Gasteiger partial charge is 0.306 e. The van der Waals surface area contributed by atoms with Gasteiger partial charge in [-0.15, -0.1) is 0 Å². The Bertz CT molecular complexity index is 1090. The normalized spacial score (nSPS) is 13.5. The van der Waals surface area contributed by atoms with Crippen LogP contribution in [-0.2, 0) is 9.53 Å². The minimum atomic E-state index is -0.760. The Morgan fingerprint density at radius 1 is 1.30 bits per heavy atom. The molecule has 3 heterocycles. The van der Waals surface area contributed by atoms with E-state index < -0.39 is 23.3 Å². The minimum Gasteiger partial charge on any atom is -0.493 e. The molecule has 8 heteroatoms. The summed E-state index contributed by atoms with van der Waals surface area (Å²) in [5.41, 5.74) is 0.480. The van der Waals surface area contributed by atoms with Gasteiger partial charge in [0.25, 0.3) is 5.56 Å². The van der Waals surface area contributed by atoms with Gasteiger partial charge in [-0.2, -0.15) is 4.98 Å². The molecule has 0 fully saturated rings. The third kappa shape index (κ3) is 2.95. The number of aromatic hydroxyl groups is 1. The number of ether oxygens (including phenoxy) is 3. The predicted octanol–water partition coefficient (Wildman–Crippen LogP) is 1.82. The van der Waals surface area contributed by atoms with Crippen LogP contribution >= 0.6 is 0 Å². The van der Waals surface area contributed by atoms with E-state index in [0.717, 1.165) is 0 Å². The van der Waals surface area contributed by atoms with Gasteiger partial charge in [-0.05, 0) is 29.8 Å². The fraction of sp³-hybridized carbons (Fsp3) is 0.211. The number of carbonyl (C=O) groups is 1. The molecule has 0 saturated carbocycles. The Kier molecular flexibility index (Phi) is 4.15. The summed E-state index contributed by atoms with van der Waals surface area (Å²) in [7, 11) is 1.27. The van der Waals surface area contributed by atoms with Gasteiger partial charge in [-0.25, -0.2) is 0 Å². The number of fused-ring (bicyclic) bond motifs is 2. The summed E-state index contributed by atoms with van der Waals surface area (Å²) in [6.07, 6.45) is 1.42. The fourth-order valence-electron chi connectivity index (χ4n) is 3.16. The molecule has 0 saturated heterocycles. The lowest BCUT2D eigenvalue weighted by Crippen LogP contribution is -2.24. The molecule has 8 nitrogen and oxygen atoms in total. The maximum Gasteiger partial charge on any atom is 0.306 e. The zero-order chi connectivity index (χ0) is 19.0. The van der Waals surface area contributed by atoms with Crippen LogP contribution in [0.3, 0.4) is 0 Å². The van der Waals surface area contributed by atoms with Crippen molar-refractivity contribution in [1.29, 1.82) is 0 Å². The quantitative estimate of drug-likeness (QED) is 0.701. The van der Waals surface area contributed by atoms with Gasteiger partial charge in [0.05, 0.1) is 19.1 Å². The molecular formula is C19H16N2O6. The Balaban J connectivity index is 1.90. The summed E-state index contributed by atoms with van der Waals surface area (Å²) >= 11 is 0. The molecule has 1 N–H and O–H groups in total. The van der Waals surface area contributed by atoms with Gasteiger partial charge in [-0.3, -0.25) is 14.0 Å². The first kappa shape index (κ1) is 16.9. The molecule has 138 valence electrons. The van der Waals surface area contributed by atoms with Gasteiger partial charge >= 0.3 is 5.97 Å². The highest BCUT2D eigenvalue weighted by atomic mass is 16.7. The number of pyridine rings is 1. The number of nitrogens with zero attached hydrogens (tertiary/aromatic N) is 2. The van der Waals surface area contributed by atoms with Gasteiger partial charge in [0.15, 0.2) is 11.5 Å². The van der Waals surface area contributed by atoms with Crippen molar-refractivity contribution in [2.24, 2.45) is 0 Å². The lowest BCUT2D eigenvalue weighted by molar-refractivity contribution is -0.140. The van der Waals surface area contributed by atoms with Crippen molar-refractivity contribution in [2.75, 3.05) is 13.9 Å². The number of benzene rings is 1. The molecule has 1 aliphatic heterocycles. The topological polar surface area (TPSA) is 99.4 Å². The summed E-state index contributed by atoms with van der Waals surface area (Å²) in [6.45, 7) is 0.103. The van der Waals surface area contributed by atoms with Crippen LogP contribution in [0.25, 0.3) is 5.65 Å². The largest absolute Gasteiger partial charge is 0.493 e. The molecule has 0 unspecified atom stereocenters. The first-order valence-electron chi connectivity index (χ1n) is 8.25. The van der Waals surface area contributed by atoms with Gasteiger partial charge in [0.2, 0.25) is 12.7 Å². The molecule has 0 bridgehead atoms. The van der Waals surface area contributed by atoms with Crippen LogP contribution < -0.4 is 15.0 Å². The standard InChI is InChI=1S/C19H16N2O6/c1-25-16(22)9-12(11-5-6-13-14(8-11)27-10-26-13)17-18(23)20-15-4-2-3-7-21(15)19(17)24/h2-8,12,23H,9-10H2,1H3/t12-/m0/s1. The summed E-state index contributed by atoms with van der Waals surface area (Å²) in [5.74, 6) is -0.611. The van der Waals surface area contributed by atoms with Crippen molar-refractivity contribution in [1.82, 2.24) is 9.38 Å². The second kappa shape index (κ2) is 6.64. The second-order valence-corrected chi connectivity index (χ2v) is 6.03. The first-order valence-corrected chi connectivity index (χ1v) is 8.25. The number of esters is 1. The van der Waals surface area contributed by atoms with E-state index in [4.69, 9.17) is 14.2 Å². The second-order valence-electron chi connectivity index (χ2n) is 6.03. The monoisotopic (exact) mass is 368 g/mol. The summed E-state index contributed by atoms with van der Waals surface area (Å²) < 4.78 is 16.8. The molecule has 0 radical (unpaired) electrons. The van der Waals surface area contributed by atoms with Crippen LogP contribution in [-0.4, -0.2) is 34.4 Å². The molecule has 1 aliphatic rings. The highest BCUT2D eigenvalue weighted by molar-refractivity contribution is 5.71. The van der Waals surface area contributed by atoms with Crippen molar-refractivity contribution < 1.29 is 24.1 Å². The third-order valence-electron chi connectivity index (χ3n) is 4.49. The molecule has 0 amide bonds. The van der Waals surface area contributed by atoms with Crippen LogP contribution in [0.4, 0.5) is 0 Å². The zero-order valence-electron chi connectivity index (χ0n) is 14.4. The van der Waals surface area contributed by atoms with E-state index in [0.29, 0.717) is 22.7 Å². The van der Waals surface area contributed by atoms with Gasteiger partial charge in [0, 0.05) is 12.1 Å². The van der Waals surface area contributed by atoms with E-state index in [1.807, 2.05) is 0 Å². The molecule has 27 heavy (non-hydrogen) atoms. The number of hydrogen-bond acceptors (Lipinski definition) is 7. The van der Waals surface area contributed by atoms with E-state index >= 15 is 0 Å². The average molecular weight is 368 g/mol. The van der Waals surface area contributed by atoms with Crippen molar-refractivity contribution >= 4 is 11.6 Å². The molecular weight excluding hydrogens is 352 g/mol. The molecule has 1 atom stereocenters. The maximum absolute atomic E-state index is 13.0. The van der Waals surface area contributed by atoms with E-state index in [-0.39, 0.29) is 18.8 Å². The Morgan fingerprint density at radius 3 is 2.93 bits per heavy atom. The van der Waals surface area contributed by atoms with Crippen LogP contribution in [0.5, 0.6) is 17.4 Å². The zero-order valence-corrected chi connectivity index (χ0v) is 14.4. The summed E-state index contributed by atoms with van der Waals surface area (Å²) in [6, 6.07) is 10.1. The van der Waals surface area contributed by atoms with Crippen molar-refractivity contribution in [3.63, 3.8) is 0 Å². The van der Waals surface area contributed by atoms with Gasteiger partial charge in [0.1, 0.15) is 5.65 Å². The van der Waals surface area contributed by atoms with E-state index in [9.17, 15) is 14.7 Å². The fourth-order valence-corrected chi connectivity index (χ4v) is 3.16. The van der Waals surface area contributed by atoms with Crippen LogP contribution in [0.15, 0.2) is 47.4 Å². The first-order chi connectivity index (χ1) is 13.1. The number of methoxy groups -OCH3 is 1. The SMILES string of the molecule is COC(=O)C[C@@H](c1ccc2c(c1)OCO2)c1c(O)nc2ccccn2c1=O. The highest BCUT2D eigenvalue weighted by Crippen LogP contribution is 2.38. The Hall–Kier alpha value is -3.55. The van der Waals surface area contributed by atoms with Crippen molar-refractivity contribution in [3.8, 4) is 17.4 Å². The molecule has 1 aromatic carbocycles. The van der Waals surface area contributed by atoms with Gasteiger partial charge < -0.3 is 19.3 Å². The maximum atomic E-state index is 13.0. The molecule has 4 rings (SSSR count). The van der Waals surface area contributed by atoms with Crippen LogP contribution in [0.1, 0.15) is 23.5 Å². The summed E-state index contributed by atoms with van der Waals surface area (Å²) in [5, 5.41) is 10.5. The Labute approximate surface area is 153 Å². The van der Waals surface area contributed by atoms with E-state index in [1.165, 1.54) is 11.5 Å². The molecule has 0 aliphatic carbocycles. The van der Waals surface area contributed by atoms with Crippen molar-refractivity contribution in [2.45, 2.75) is 12.3 Å². The molecule has 3 aromatic rings. The number of carbonyl (C=O) groups excluding carboxylic acids is 1. The highest BCUT2D eigenvalue weighted by Gasteiger charge is 2.28. The van der Waals surface area contributed by atoms with E-state index in [1.54, 1.807) is 42.6 Å². The van der Waals surface area contributed by atoms with Crippen LogP contribution in [0.2, 0.25) is 0 Å². The average Bonchev–Trinajstić information content (AvgIpc) is 3.14. The summed E-state index contributed by atoms with van der Waals surface area (Å²) in [4.78, 5) is 29.1. The number of aromatic nitrogens is 2. The minimum absolute atomic E-state index is 0.0166. The van der Waals surface area contributed by atoms with Crippen LogP contribution in [0, 0.1) is 0 Å².